The summed E-state index contributed by atoms with van der Waals surface area (Å²) in [7, 11) is 0. The summed E-state index contributed by atoms with van der Waals surface area (Å²) < 4.78 is 28.4. The van der Waals surface area contributed by atoms with Crippen LogP contribution in [-0.2, 0) is 6.61 Å². The van der Waals surface area contributed by atoms with Gasteiger partial charge in [0.25, 0.3) is 5.91 Å². The zero-order valence-corrected chi connectivity index (χ0v) is 22.7. The molecule has 1 amide bonds. The van der Waals surface area contributed by atoms with Gasteiger partial charge in [0.05, 0.1) is 6.04 Å². The van der Waals surface area contributed by atoms with Crippen LogP contribution in [0, 0.1) is 5.82 Å². The number of nitrogens with zero attached hydrogens (tertiary/aromatic N) is 3. The van der Waals surface area contributed by atoms with Gasteiger partial charge in [-0.15, -0.1) is 0 Å². The number of rotatable bonds is 5. The number of fused-ring (bicyclic) bond motifs is 5. The average Bonchev–Trinajstić information content (AvgIpc) is 3.02. The second-order valence-electron chi connectivity index (χ2n) is 10.0. The normalized spacial score (nSPS) is 18.9. The van der Waals surface area contributed by atoms with Gasteiger partial charge < -0.3 is 14.4 Å². The highest BCUT2D eigenvalue weighted by molar-refractivity contribution is 5.96. The van der Waals surface area contributed by atoms with E-state index in [2.05, 4.69) is 0 Å². The lowest BCUT2D eigenvalue weighted by Crippen LogP contribution is -2.58. The third-order valence-electron chi connectivity index (χ3n) is 7.49. The topological polar surface area (TPSA) is 64.0 Å². The number of aromatic nitrogens is 1. The Kier molecular flexibility index (Phi) is 7.29. The first kappa shape index (κ1) is 26.4. The number of carbonyl (C=O) groups is 1. The molecule has 41 heavy (non-hydrogen) atoms. The highest BCUT2D eigenvalue weighted by atomic mass is 19.1. The molecule has 208 valence electrons. The number of pyridine rings is 1. The zero-order chi connectivity index (χ0) is 28.3. The number of hydrogen-bond donors (Lipinski definition) is 0. The van der Waals surface area contributed by atoms with E-state index in [-0.39, 0.29) is 48.7 Å². The molecule has 2 aliphatic rings. The van der Waals surface area contributed by atoms with E-state index in [0.717, 1.165) is 16.7 Å². The van der Waals surface area contributed by atoms with Gasteiger partial charge in [0.1, 0.15) is 37.5 Å². The summed E-state index contributed by atoms with van der Waals surface area (Å²) in [6, 6.07) is 24.5. The van der Waals surface area contributed by atoms with E-state index < -0.39 is 11.9 Å². The first-order valence-electron chi connectivity index (χ1n) is 13.7. The molecule has 8 heteroatoms. The molecule has 2 bridgehead atoms. The molecule has 0 radical (unpaired) electrons. The second-order valence-corrected chi connectivity index (χ2v) is 10.0. The third kappa shape index (κ3) is 5.09. The number of halogens is 1. The van der Waals surface area contributed by atoms with Crippen LogP contribution in [0.2, 0.25) is 0 Å². The Bertz CT molecular complexity index is 1640. The average molecular weight is 552 g/mol. The van der Waals surface area contributed by atoms with Crippen molar-refractivity contribution in [2.45, 2.75) is 32.0 Å². The van der Waals surface area contributed by atoms with Crippen LogP contribution < -0.4 is 19.9 Å². The van der Waals surface area contributed by atoms with Crippen LogP contribution in [0.25, 0.3) is 0 Å². The smallest absolute Gasteiger partial charge is 0.278 e. The monoisotopic (exact) mass is 551 g/mol. The standard InChI is InChI=1S/C33H30FN3O4/c1-2-26-14-9-19-40-29-20-25(34)15-16-27(29)30(24-12-7-4-8-13-24)37-22-35(26)33(39)31-32(28(38)17-18-36(31)37)41-21-23-10-5-3-6-11-23/h3-18,20,26,30H,2,19,21-22H2,1H3/b14-9+/t26-,30-/m1/s1. The third-order valence-corrected chi connectivity index (χ3v) is 7.49. The van der Waals surface area contributed by atoms with E-state index in [1.807, 2.05) is 84.7 Å². The second kappa shape index (κ2) is 11.3. The Balaban J connectivity index is 1.58. The number of benzene rings is 3. The van der Waals surface area contributed by atoms with Gasteiger partial charge >= 0.3 is 0 Å². The maximum Gasteiger partial charge on any atom is 0.278 e. The SMILES string of the molecule is CC[C@@H]1/C=C/COc2cc(F)ccc2[C@@H](c2ccccc2)N2CN1C(=O)c1c(OCc3ccccc3)c(=O)ccn12. The molecule has 3 heterocycles. The van der Waals surface area contributed by atoms with E-state index in [1.165, 1.54) is 18.2 Å². The lowest BCUT2D eigenvalue weighted by molar-refractivity contribution is 0.0623. The van der Waals surface area contributed by atoms with Crippen molar-refractivity contribution in [3.05, 3.63) is 142 Å². The van der Waals surface area contributed by atoms with Crippen molar-refractivity contribution in [2.24, 2.45) is 0 Å². The fraction of sp³-hybridized carbons (Fsp3) is 0.212. The molecule has 0 spiro atoms. The van der Waals surface area contributed by atoms with Crippen molar-refractivity contribution in [1.82, 2.24) is 9.58 Å². The summed E-state index contributed by atoms with van der Waals surface area (Å²) in [5, 5.41) is 2.00. The van der Waals surface area contributed by atoms with Crippen molar-refractivity contribution in [3.8, 4) is 11.5 Å². The van der Waals surface area contributed by atoms with Crippen LogP contribution >= 0.6 is 0 Å². The number of hydrogen-bond acceptors (Lipinski definition) is 5. The Labute approximate surface area is 237 Å². The van der Waals surface area contributed by atoms with E-state index in [0.29, 0.717) is 12.2 Å². The molecule has 0 aliphatic carbocycles. The van der Waals surface area contributed by atoms with Crippen molar-refractivity contribution < 1.29 is 18.7 Å². The van der Waals surface area contributed by atoms with Crippen molar-refractivity contribution in [3.63, 3.8) is 0 Å². The highest BCUT2D eigenvalue weighted by Gasteiger charge is 2.40. The molecule has 0 fully saturated rings. The van der Waals surface area contributed by atoms with Crippen LogP contribution in [0.1, 0.15) is 46.6 Å². The maximum atomic E-state index is 14.5. The minimum absolute atomic E-state index is 0.00727. The Morgan fingerprint density at radius 2 is 1.73 bits per heavy atom. The van der Waals surface area contributed by atoms with Gasteiger partial charge in [0.2, 0.25) is 5.43 Å². The van der Waals surface area contributed by atoms with Crippen LogP contribution in [-0.4, -0.2) is 34.8 Å². The zero-order valence-electron chi connectivity index (χ0n) is 22.7. The predicted octanol–water partition coefficient (Wildman–Crippen LogP) is 5.43. The summed E-state index contributed by atoms with van der Waals surface area (Å²) >= 11 is 0. The summed E-state index contributed by atoms with van der Waals surface area (Å²) in [5.74, 6) is -0.307. The largest absolute Gasteiger partial charge is 0.489 e. The summed E-state index contributed by atoms with van der Waals surface area (Å²) in [6.07, 6.45) is 6.03. The molecule has 1 aromatic heterocycles. The number of ether oxygens (including phenoxy) is 2. The van der Waals surface area contributed by atoms with Gasteiger partial charge in [-0.05, 0) is 35.8 Å². The van der Waals surface area contributed by atoms with Gasteiger partial charge in [-0.25, -0.2) is 4.39 Å². The molecule has 2 aliphatic heterocycles. The van der Waals surface area contributed by atoms with Crippen molar-refractivity contribution in [2.75, 3.05) is 18.3 Å². The molecule has 2 atom stereocenters. The van der Waals surface area contributed by atoms with Gasteiger partial charge in [0.15, 0.2) is 11.4 Å². The molecule has 0 N–H and O–H groups in total. The predicted molar refractivity (Wildman–Crippen MR) is 154 cm³/mol. The van der Waals surface area contributed by atoms with E-state index >= 15 is 0 Å². The van der Waals surface area contributed by atoms with Crippen molar-refractivity contribution in [1.29, 1.82) is 0 Å². The summed E-state index contributed by atoms with van der Waals surface area (Å²) in [5.41, 5.74) is 2.29. The molecule has 7 nitrogen and oxygen atoms in total. The van der Waals surface area contributed by atoms with Gasteiger partial charge in [0, 0.05) is 23.9 Å². The minimum Gasteiger partial charge on any atom is -0.489 e. The summed E-state index contributed by atoms with van der Waals surface area (Å²) in [6.45, 7) is 2.57. The fourth-order valence-corrected chi connectivity index (χ4v) is 5.49. The van der Waals surface area contributed by atoms with Gasteiger partial charge in [-0.2, -0.15) is 0 Å². The summed E-state index contributed by atoms with van der Waals surface area (Å²) in [4.78, 5) is 29.2. The molecule has 3 aromatic carbocycles. The first-order valence-corrected chi connectivity index (χ1v) is 13.7. The number of carbonyl (C=O) groups excluding carboxylic acids is 1. The molecular formula is C33H30FN3O4. The van der Waals surface area contributed by atoms with Crippen molar-refractivity contribution >= 4 is 5.91 Å². The maximum absolute atomic E-state index is 14.5. The Hall–Kier alpha value is -4.85. The van der Waals surface area contributed by atoms with E-state index in [1.54, 1.807) is 21.8 Å². The van der Waals surface area contributed by atoms with Crippen LogP contribution in [0.15, 0.2) is 108 Å². The Morgan fingerprint density at radius 1 is 0.976 bits per heavy atom. The first-order chi connectivity index (χ1) is 20.0. The van der Waals surface area contributed by atoms with E-state index in [9.17, 15) is 14.0 Å². The van der Waals surface area contributed by atoms with E-state index in [4.69, 9.17) is 9.47 Å². The molecule has 4 aromatic rings. The lowest BCUT2D eigenvalue weighted by atomic mass is 9.96. The molecular weight excluding hydrogens is 521 g/mol. The van der Waals surface area contributed by atoms with Gasteiger partial charge in [-0.3, -0.25) is 19.3 Å². The fourth-order valence-electron chi connectivity index (χ4n) is 5.49. The van der Waals surface area contributed by atoms with Crippen LogP contribution in [0.5, 0.6) is 11.5 Å². The Morgan fingerprint density at radius 3 is 2.49 bits per heavy atom. The lowest BCUT2D eigenvalue weighted by Gasteiger charge is -2.46. The highest BCUT2D eigenvalue weighted by Crippen LogP contribution is 2.38. The van der Waals surface area contributed by atoms with Gasteiger partial charge in [-0.1, -0.05) is 73.7 Å². The molecule has 0 unspecified atom stereocenters. The molecule has 6 rings (SSSR count). The number of amides is 1. The molecule has 0 saturated heterocycles. The van der Waals surface area contributed by atoms with Crippen LogP contribution in [0.3, 0.4) is 0 Å². The minimum atomic E-state index is -0.485. The van der Waals surface area contributed by atoms with Crippen LogP contribution in [0.4, 0.5) is 4.39 Å². The molecule has 0 saturated carbocycles. The quantitative estimate of drug-likeness (QED) is 0.310.